The molecule has 0 saturated carbocycles. The van der Waals surface area contributed by atoms with Crippen molar-refractivity contribution in [3.8, 4) is 28.7 Å². The summed E-state index contributed by atoms with van der Waals surface area (Å²) in [6.45, 7) is -0.218. The molecule has 2 rings (SSSR count). The van der Waals surface area contributed by atoms with Gasteiger partial charge in [0.2, 0.25) is 5.75 Å². The van der Waals surface area contributed by atoms with Gasteiger partial charge in [-0.05, 0) is 30.3 Å². The van der Waals surface area contributed by atoms with Crippen molar-refractivity contribution >= 4 is 28.1 Å². The zero-order valence-electron chi connectivity index (χ0n) is 15.9. The number of halogens is 1. The van der Waals surface area contributed by atoms with Crippen LogP contribution >= 0.6 is 15.9 Å². The number of carbonyl (C=O) groups is 1. The van der Waals surface area contributed by atoms with Crippen LogP contribution in [0, 0.1) is 0 Å². The van der Waals surface area contributed by atoms with E-state index in [9.17, 15) is 4.79 Å². The third-order valence-corrected chi connectivity index (χ3v) is 4.07. The van der Waals surface area contributed by atoms with Gasteiger partial charge in [0, 0.05) is 10.0 Å². The third kappa shape index (κ3) is 5.53. The summed E-state index contributed by atoms with van der Waals surface area (Å²) in [6, 6.07) is 8.66. The largest absolute Gasteiger partial charge is 0.493 e. The molecule has 28 heavy (non-hydrogen) atoms. The van der Waals surface area contributed by atoms with Gasteiger partial charge < -0.3 is 23.7 Å². The predicted octanol–water partition coefficient (Wildman–Crippen LogP) is 3.01. The van der Waals surface area contributed by atoms with Gasteiger partial charge in [0.05, 0.1) is 34.7 Å². The van der Waals surface area contributed by atoms with Crippen LogP contribution in [0.3, 0.4) is 0 Å². The number of amides is 1. The van der Waals surface area contributed by atoms with Gasteiger partial charge in [0.15, 0.2) is 29.6 Å². The summed E-state index contributed by atoms with van der Waals surface area (Å²) in [5.41, 5.74) is 3.05. The van der Waals surface area contributed by atoms with E-state index in [4.69, 9.17) is 23.7 Å². The highest BCUT2D eigenvalue weighted by Gasteiger charge is 2.12. The lowest BCUT2D eigenvalue weighted by Gasteiger charge is -2.12. The summed E-state index contributed by atoms with van der Waals surface area (Å²) in [5.74, 6) is 2.00. The van der Waals surface area contributed by atoms with E-state index in [0.29, 0.717) is 34.3 Å². The minimum absolute atomic E-state index is 0.218. The number of rotatable bonds is 9. The lowest BCUT2D eigenvalue weighted by Crippen LogP contribution is -2.24. The van der Waals surface area contributed by atoms with Crippen molar-refractivity contribution in [3.05, 3.63) is 40.4 Å². The first-order valence-corrected chi connectivity index (χ1v) is 8.90. The average molecular weight is 453 g/mol. The van der Waals surface area contributed by atoms with E-state index in [0.717, 1.165) is 4.47 Å². The SMILES string of the molecule is COc1cc(Br)ccc1OCC(=O)N/N=C\c1cc(OC)c(OC)c(OC)c1. The van der Waals surface area contributed by atoms with Crippen LogP contribution in [0.15, 0.2) is 39.9 Å². The second kappa shape index (κ2) is 10.4. The van der Waals surface area contributed by atoms with Crippen molar-refractivity contribution in [2.45, 2.75) is 0 Å². The molecule has 0 spiro atoms. The van der Waals surface area contributed by atoms with Gasteiger partial charge in [-0.3, -0.25) is 4.79 Å². The zero-order valence-corrected chi connectivity index (χ0v) is 17.5. The Labute approximate surface area is 171 Å². The summed E-state index contributed by atoms with van der Waals surface area (Å²) < 4.78 is 27.3. The molecule has 0 atom stereocenters. The highest BCUT2D eigenvalue weighted by Crippen LogP contribution is 2.37. The van der Waals surface area contributed by atoms with Crippen molar-refractivity contribution in [3.63, 3.8) is 0 Å². The van der Waals surface area contributed by atoms with Gasteiger partial charge in [-0.1, -0.05) is 15.9 Å². The first kappa shape index (κ1) is 21.4. The van der Waals surface area contributed by atoms with Crippen LogP contribution in [0.5, 0.6) is 28.7 Å². The number of hydrazone groups is 1. The molecule has 0 aliphatic heterocycles. The number of nitrogens with one attached hydrogen (secondary N) is 1. The molecule has 0 aliphatic rings. The fourth-order valence-corrected chi connectivity index (χ4v) is 2.63. The molecule has 8 nitrogen and oxygen atoms in total. The summed E-state index contributed by atoms with van der Waals surface area (Å²) in [4.78, 5) is 12.0. The van der Waals surface area contributed by atoms with Crippen molar-refractivity contribution < 1.29 is 28.5 Å². The predicted molar refractivity (Wildman–Crippen MR) is 108 cm³/mol. The molecular formula is C19H21BrN2O6. The topological polar surface area (TPSA) is 87.6 Å². The van der Waals surface area contributed by atoms with Crippen LogP contribution < -0.4 is 29.1 Å². The van der Waals surface area contributed by atoms with Crippen LogP contribution in [0.1, 0.15) is 5.56 Å². The number of benzene rings is 2. The normalized spacial score (nSPS) is 10.5. The molecule has 9 heteroatoms. The van der Waals surface area contributed by atoms with Crippen LogP contribution in [0.2, 0.25) is 0 Å². The molecule has 0 aliphatic carbocycles. The summed E-state index contributed by atoms with van der Waals surface area (Å²) in [6.07, 6.45) is 1.46. The van der Waals surface area contributed by atoms with Crippen molar-refractivity contribution in [2.24, 2.45) is 5.10 Å². The van der Waals surface area contributed by atoms with Crippen molar-refractivity contribution in [1.82, 2.24) is 5.43 Å². The lowest BCUT2D eigenvalue weighted by molar-refractivity contribution is -0.123. The standard InChI is InChI=1S/C19H21BrN2O6/c1-24-15-9-13(20)5-6-14(15)28-11-18(23)22-21-10-12-7-16(25-2)19(27-4)17(8-12)26-3/h5-10H,11H2,1-4H3,(H,22,23)/b21-10-. The lowest BCUT2D eigenvalue weighted by atomic mass is 10.2. The van der Waals surface area contributed by atoms with Gasteiger partial charge >= 0.3 is 0 Å². The van der Waals surface area contributed by atoms with E-state index in [1.165, 1.54) is 34.7 Å². The first-order chi connectivity index (χ1) is 13.5. The Kier molecular flexibility index (Phi) is 7.94. The molecule has 2 aromatic carbocycles. The molecule has 0 aromatic heterocycles. The van der Waals surface area contributed by atoms with Crippen molar-refractivity contribution in [2.75, 3.05) is 35.0 Å². The monoisotopic (exact) mass is 452 g/mol. The molecule has 0 fully saturated rings. The molecule has 0 unspecified atom stereocenters. The van der Waals surface area contributed by atoms with Gasteiger partial charge in [-0.2, -0.15) is 5.10 Å². The maximum absolute atomic E-state index is 12.0. The fourth-order valence-electron chi connectivity index (χ4n) is 2.29. The molecule has 1 amide bonds. The number of methoxy groups -OCH3 is 4. The van der Waals surface area contributed by atoms with E-state index < -0.39 is 5.91 Å². The van der Waals surface area contributed by atoms with E-state index >= 15 is 0 Å². The quantitative estimate of drug-likeness (QED) is 0.464. The van der Waals surface area contributed by atoms with Gasteiger partial charge in [0.1, 0.15) is 0 Å². The van der Waals surface area contributed by atoms with Gasteiger partial charge in [-0.25, -0.2) is 5.43 Å². The second-order valence-electron chi connectivity index (χ2n) is 5.34. The number of hydrogen-bond donors (Lipinski definition) is 1. The maximum Gasteiger partial charge on any atom is 0.277 e. The number of carbonyl (C=O) groups excluding carboxylic acids is 1. The third-order valence-electron chi connectivity index (χ3n) is 3.57. The minimum atomic E-state index is -0.423. The summed E-state index contributed by atoms with van der Waals surface area (Å²) in [7, 11) is 6.09. The van der Waals surface area contributed by atoms with Gasteiger partial charge in [-0.15, -0.1) is 0 Å². The highest BCUT2D eigenvalue weighted by atomic mass is 79.9. The number of hydrogen-bond acceptors (Lipinski definition) is 7. The smallest absolute Gasteiger partial charge is 0.277 e. The Morgan fingerprint density at radius 1 is 0.964 bits per heavy atom. The maximum atomic E-state index is 12.0. The molecule has 0 saturated heterocycles. The Balaban J connectivity index is 1.98. The van der Waals surface area contributed by atoms with Crippen LogP contribution in [-0.4, -0.2) is 47.2 Å². The molecule has 2 aromatic rings. The molecule has 1 N–H and O–H groups in total. The zero-order chi connectivity index (χ0) is 20.5. The average Bonchev–Trinajstić information content (AvgIpc) is 2.71. The fraction of sp³-hybridized carbons (Fsp3) is 0.263. The highest BCUT2D eigenvalue weighted by molar-refractivity contribution is 9.10. The summed E-state index contributed by atoms with van der Waals surface area (Å²) in [5, 5.41) is 3.92. The van der Waals surface area contributed by atoms with Crippen molar-refractivity contribution in [1.29, 1.82) is 0 Å². The van der Waals surface area contributed by atoms with E-state index in [1.807, 2.05) is 0 Å². The summed E-state index contributed by atoms with van der Waals surface area (Å²) >= 11 is 3.34. The van der Waals surface area contributed by atoms with E-state index in [1.54, 1.807) is 30.3 Å². The Bertz CT molecular complexity index is 831. The molecular weight excluding hydrogens is 432 g/mol. The van der Waals surface area contributed by atoms with E-state index in [-0.39, 0.29) is 6.61 Å². The van der Waals surface area contributed by atoms with Crippen LogP contribution in [-0.2, 0) is 4.79 Å². The number of nitrogens with zero attached hydrogens (tertiary/aromatic N) is 1. The van der Waals surface area contributed by atoms with Gasteiger partial charge in [0.25, 0.3) is 5.91 Å². The molecule has 150 valence electrons. The molecule has 0 radical (unpaired) electrons. The van der Waals surface area contributed by atoms with Crippen LogP contribution in [0.25, 0.3) is 0 Å². The minimum Gasteiger partial charge on any atom is -0.493 e. The number of ether oxygens (including phenoxy) is 5. The first-order valence-electron chi connectivity index (χ1n) is 8.10. The van der Waals surface area contributed by atoms with E-state index in [2.05, 4.69) is 26.5 Å². The Hall–Kier alpha value is -2.94. The van der Waals surface area contributed by atoms with Crippen LogP contribution in [0.4, 0.5) is 0 Å². The second-order valence-corrected chi connectivity index (χ2v) is 6.25. The Morgan fingerprint density at radius 3 is 2.18 bits per heavy atom. The molecule has 0 bridgehead atoms. The molecule has 0 heterocycles. The Morgan fingerprint density at radius 2 is 1.61 bits per heavy atom.